The molecule has 0 spiro atoms. The molecule has 6 nitrogen and oxygen atoms in total. The smallest absolute Gasteiger partial charge is 0.243 e. The van der Waals surface area contributed by atoms with Crippen LogP contribution in [0.25, 0.3) is 0 Å². The van der Waals surface area contributed by atoms with Crippen LogP contribution in [0.1, 0.15) is 17.9 Å². The number of para-hydroxylation sites is 1. The van der Waals surface area contributed by atoms with Crippen LogP contribution in [0.5, 0.6) is 0 Å². The summed E-state index contributed by atoms with van der Waals surface area (Å²) in [6.45, 7) is 0.383. The zero-order chi connectivity index (χ0) is 14.3. The Hall–Kier alpha value is -2.37. The maximum atomic E-state index is 12.6. The first kappa shape index (κ1) is 12.7. The molecule has 1 aromatic rings. The van der Waals surface area contributed by atoms with Crippen molar-refractivity contribution in [2.24, 2.45) is 0 Å². The van der Waals surface area contributed by atoms with Crippen molar-refractivity contribution in [2.75, 3.05) is 25.6 Å². The van der Waals surface area contributed by atoms with E-state index in [1.54, 1.807) is 13.1 Å². The second-order valence-corrected chi connectivity index (χ2v) is 5.16. The predicted molar refractivity (Wildman–Crippen MR) is 71.8 cm³/mol. The van der Waals surface area contributed by atoms with Crippen LogP contribution in [-0.4, -0.2) is 47.8 Å². The molecule has 1 aromatic carbocycles. The van der Waals surface area contributed by atoms with Crippen molar-refractivity contribution in [3.05, 3.63) is 29.8 Å². The highest BCUT2D eigenvalue weighted by molar-refractivity contribution is 6.02. The van der Waals surface area contributed by atoms with Gasteiger partial charge in [0.2, 0.25) is 17.7 Å². The minimum absolute atomic E-state index is 0.0769. The quantitative estimate of drug-likeness (QED) is 0.803. The van der Waals surface area contributed by atoms with Gasteiger partial charge in [-0.1, -0.05) is 18.2 Å². The first-order chi connectivity index (χ1) is 9.56. The number of carbonyl (C=O) groups excluding carboxylic acids is 3. The van der Waals surface area contributed by atoms with Gasteiger partial charge in [-0.3, -0.25) is 14.4 Å². The fourth-order valence-corrected chi connectivity index (χ4v) is 2.67. The van der Waals surface area contributed by atoms with Gasteiger partial charge in [0, 0.05) is 19.2 Å². The minimum Gasteiger partial charge on any atom is -0.326 e. The molecule has 1 N–H and O–H groups in total. The number of carbonyl (C=O) groups is 3. The summed E-state index contributed by atoms with van der Waals surface area (Å²) in [5, 5.41) is 2.77. The highest BCUT2D eigenvalue weighted by Crippen LogP contribution is 2.33. The molecule has 3 amide bonds. The summed E-state index contributed by atoms with van der Waals surface area (Å²) in [7, 11) is 1.66. The van der Waals surface area contributed by atoms with Crippen LogP contribution >= 0.6 is 0 Å². The molecule has 104 valence electrons. The Morgan fingerprint density at radius 3 is 2.75 bits per heavy atom. The lowest BCUT2D eigenvalue weighted by Crippen LogP contribution is -2.38. The Balaban J connectivity index is 1.89. The number of fused-ring (bicyclic) bond motifs is 1. The zero-order valence-corrected chi connectivity index (χ0v) is 11.1. The monoisotopic (exact) mass is 273 g/mol. The number of likely N-dealkylation sites (N-methyl/N-ethyl adjacent to an activating group) is 1. The van der Waals surface area contributed by atoms with E-state index >= 15 is 0 Å². The summed E-state index contributed by atoms with van der Waals surface area (Å²) >= 11 is 0. The van der Waals surface area contributed by atoms with Gasteiger partial charge in [0.25, 0.3) is 0 Å². The highest BCUT2D eigenvalue weighted by atomic mass is 16.2. The van der Waals surface area contributed by atoms with Crippen LogP contribution < -0.4 is 5.32 Å². The first-order valence-electron chi connectivity index (χ1n) is 6.48. The number of hydrogen-bond donors (Lipinski definition) is 1. The number of benzene rings is 1. The van der Waals surface area contributed by atoms with Crippen molar-refractivity contribution >= 4 is 23.4 Å². The third-order valence-electron chi connectivity index (χ3n) is 3.74. The lowest BCUT2D eigenvalue weighted by molar-refractivity contribution is -0.135. The van der Waals surface area contributed by atoms with E-state index in [0.717, 1.165) is 5.56 Å². The molecule has 1 atom stereocenters. The third-order valence-corrected chi connectivity index (χ3v) is 3.74. The lowest BCUT2D eigenvalue weighted by Gasteiger charge is -2.27. The van der Waals surface area contributed by atoms with E-state index in [1.165, 1.54) is 9.80 Å². The molecule has 0 aliphatic carbocycles. The number of anilines is 1. The van der Waals surface area contributed by atoms with Gasteiger partial charge in [-0.25, -0.2) is 0 Å². The fraction of sp³-hybridized carbons (Fsp3) is 0.357. The third kappa shape index (κ3) is 2.03. The second-order valence-electron chi connectivity index (χ2n) is 5.16. The van der Waals surface area contributed by atoms with Crippen LogP contribution in [0.15, 0.2) is 24.3 Å². The molecule has 0 radical (unpaired) electrons. The van der Waals surface area contributed by atoms with Gasteiger partial charge in [-0.2, -0.15) is 0 Å². The molecule has 0 saturated carbocycles. The molecule has 2 heterocycles. The molecule has 2 aliphatic rings. The van der Waals surface area contributed by atoms with E-state index in [2.05, 4.69) is 5.32 Å². The van der Waals surface area contributed by atoms with Crippen LogP contribution in [0, 0.1) is 0 Å². The average molecular weight is 273 g/mol. The van der Waals surface area contributed by atoms with Crippen molar-refractivity contribution in [2.45, 2.75) is 12.3 Å². The normalized spacial score (nSPS) is 21.8. The van der Waals surface area contributed by atoms with Gasteiger partial charge in [0.05, 0.1) is 12.6 Å². The molecule has 0 aromatic heterocycles. The Morgan fingerprint density at radius 1 is 1.30 bits per heavy atom. The Bertz CT molecular complexity index is 599. The van der Waals surface area contributed by atoms with Gasteiger partial charge in [-0.15, -0.1) is 0 Å². The number of rotatable bonds is 1. The number of nitrogens with zero attached hydrogens (tertiary/aromatic N) is 2. The molecule has 1 saturated heterocycles. The average Bonchev–Trinajstić information content (AvgIpc) is 2.77. The van der Waals surface area contributed by atoms with Crippen LogP contribution in [0.3, 0.4) is 0 Å². The topological polar surface area (TPSA) is 69.7 Å². The zero-order valence-electron chi connectivity index (χ0n) is 11.1. The van der Waals surface area contributed by atoms with E-state index in [0.29, 0.717) is 5.69 Å². The molecule has 2 aliphatic heterocycles. The van der Waals surface area contributed by atoms with Gasteiger partial charge >= 0.3 is 0 Å². The van der Waals surface area contributed by atoms with Crippen LogP contribution in [0.2, 0.25) is 0 Å². The van der Waals surface area contributed by atoms with E-state index in [1.807, 2.05) is 18.2 Å². The van der Waals surface area contributed by atoms with Crippen molar-refractivity contribution in [1.29, 1.82) is 0 Å². The largest absolute Gasteiger partial charge is 0.326 e. The molecular formula is C14H15N3O3. The summed E-state index contributed by atoms with van der Waals surface area (Å²) in [5.74, 6) is -0.905. The number of hydrogen-bond acceptors (Lipinski definition) is 3. The summed E-state index contributed by atoms with van der Waals surface area (Å²) in [6, 6.07) is 7.30. The van der Waals surface area contributed by atoms with E-state index < -0.39 is 5.92 Å². The van der Waals surface area contributed by atoms with Crippen molar-refractivity contribution in [3.63, 3.8) is 0 Å². The lowest BCUT2D eigenvalue weighted by atomic mass is 9.89. The molecule has 1 unspecified atom stereocenters. The summed E-state index contributed by atoms with van der Waals surface area (Å²) < 4.78 is 0. The maximum absolute atomic E-state index is 12.6. The van der Waals surface area contributed by atoms with Crippen molar-refractivity contribution in [3.8, 4) is 0 Å². The SMILES string of the molecule is CN1CN(C(=O)C2CC(=O)Nc3ccccc32)CC1=O. The molecule has 0 bridgehead atoms. The van der Waals surface area contributed by atoms with Gasteiger partial charge in [-0.05, 0) is 11.6 Å². The Kier molecular flexibility index (Phi) is 2.93. The van der Waals surface area contributed by atoms with Gasteiger partial charge in [0.1, 0.15) is 6.54 Å². The fourth-order valence-electron chi connectivity index (χ4n) is 2.67. The molecule has 1 fully saturated rings. The van der Waals surface area contributed by atoms with Gasteiger partial charge in [0.15, 0.2) is 0 Å². The first-order valence-corrected chi connectivity index (χ1v) is 6.48. The van der Waals surface area contributed by atoms with Crippen LogP contribution in [-0.2, 0) is 14.4 Å². The Morgan fingerprint density at radius 2 is 2.05 bits per heavy atom. The van der Waals surface area contributed by atoms with Crippen molar-refractivity contribution in [1.82, 2.24) is 9.80 Å². The summed E-state index contributed by atoms with van der Waals surface area (Å²) in [6.07, 6.45) is 0.129. The maximum Gasteiger partial charge on any atom is 0.243 e. The summed E-state index contributed by atoms with van der Waals surface area (Å²) in [5.41, 5.74) is 1.50. The molecule has 20 heavy (non-hydrogen) atoms. The minimum atomic E-state index is -0.501. The molecular weight excluding hydrogens is 258 g/mol. The van der Waals surface area contributed by atoms with E-state index in [4.69, 9.17) is 0 Å². The van der Waals surface area contributed by atoms with E-state index in [9.17, 15) is 14.4 Å². The van der Waals surface area contributed by atoms with Crippen LogP contribution in [0.4, 0.5) is 5.69 Å². The van der Waals surface area contributed by atoms with Crippen molar-refractivity contribution < 1.29 is 14.4 Å². The van der Waals surface area contributed by atoms with Gasteiger partial charge < -0.3 is 15.1 Å². The molecule has 3 rings (SSSR count). The standard InChI is InChI=1S/C14H15N3O3/c1-16-8-17(7-13(16)19)14(20)10-6-12(18)15-11-5-3-2-4-9(10)11/h2-5,10H,6-8H2,1H3,(H,15,18). The Labute approximate surface area is 116 Å². The second kappa shape index (κ2) is 4.63. The van der Waals surface area contributed by atoms with E-state index in [-0.39, 0.29) is 37.4 Å². The summed E-state index contributed by atoms with van der Waals surface area (Å²) in [4.78, 5) is 38.8. The predicted octanol–water partition coefficient (Wildman–Crippen LogP) is 0.370. The number of amides is 3. The highest BCUT2D eigenvalue weighted by Gasteiger charge is 2.37. The molecule has 6 heteroatoms. The number of nitrogens with one attached hydrogen (secondary N) is 1.